The van der Waals surface area contributed by atoms with Crippen molar-refractivity contribution in [1.29, 1.82) is 0 Å². The summed E-state index contributed by atoms with van der Waals surface area (Å²) in [5.74, 6) is 1.81. The minimum Gasteiger partial charge on any atom is -0.497 e. The summed E-state index contributed by atoms with van der Waals surface area (Å²) in [6.45, 7) is 4.96. The zero-order valence-electron chi connectivity index (χ0n) is 18.5. The van der Waals surface area contributed by atoms with Crippen LogP contribution >= 0.6 is 0 Å². The molecule has 1 aliphatic rings. The van der Waals surface area contributed by atoms with Gasteiger partial charge in [-0.05, 0) is 81.6 Å². The second-order valence-corrected chi connectivity index (χ2v) is 8.59. The Hall–Kier alpha value is -3.78. The molecule has 0 spiro atoms. The Labute approximate surface area is 188 Å². The molecular formula is C30H24O2. The van der Waals surface area contributed by atoms with Gasteiger partial charge in [-0.25, -0.2) is 0 Å². The normalized spacial score (nSPS) is 12.3. The second kappa shape index (κ2) is 7.13. The van der Waals surface area contributed by atoms with Crippen LogP contribution in [0.25, 0.3) is 43.8 Å². The van der Waals surface area contributed by atoms with Crippen LogP contribution in [-0.4, -0.2) is 7.11 Å². The highest BCUT2D eigenvalue weighted by Crippen LogP contribution is 2.50. The van der Waals surface area contributed by atoms with Crippen molar-refractivity contribution in [1.82, 2.24) is 0 Å². The molecule has 0 saturated carbocycles. The van der Waals surface area contributed by atoms with Crippen LogP contribution in [0.15, 0.2) is 78.9 Å². The first kappa shape index (κ1) is 18.9. The van der Waals surface area contributed by atoms with Gasteiger partial charge in [0.05, 0.1) is 7.11 Å². The van der Waals surface area contributed by atoms with E-state index in [9.17, 15) is 0 Å². The molecule has 0 aromatic heterocycles. The summed E-state index contributed by atoms with van der Waals surface area (Å²) >= 11 is 0. The van der Waals surface area contributed by atoms with E-state index in [4.69, 9.17) is 9.47 Å². The Morgan fingerprint density at radius 2 is 1.47 bits per heavy atom. The number of benzene rings is 5. The predicted molar refractivity (Wildman–Crippen MR) is 133 cm³/mol. The van der Waals surface area contributed by atoms with Gasteiger partial charge in [0.1, 0.15) is 18.1 Å². The number of hydrogen-bond acceptors (Lipinski definition) is 2. The van der Waals surface area contributed by atoms with Crippen molar-refractivity contribution in [2.45, 2.75) is 20.5 Å². The summed E-state index contributed by atoms with van der Waals surface area (Å²) in [5.41, 5.74) is 8.74. The lowest BCUT2D eigenvalue weighted by Crippen LogP contribution is -1.95. The van der Waals surface area contributed by atoms with Gasteiger partial charge in [-0.3, -0.25) is 0 Å². The van der Waals surface area contributed by atoms with Crippen LogP contribution in [0.2, 0.25) is 0 Å². The second-order valence-electron chi connectivity index (χ2n) is 8.59. The van der Waals surface area contributed by atoms with Crippen LogP contribution in [0, 0.1) is 13.8 Å². The third-order valence-corrected chi connectivity index (χ3v) is 6.77. The van der Waals surface area contributed by atoms with Crippen molar-refractivity contribution in [2.24, 2.45) is 0 Å². The smallest absolute Gasteiger partial charge is 0.128 e. The van der Waals surface area contributed by atoms with Crippen LogP contribution in [0.4, 0.5) is 0 Å². The van der Waals surface area contributed by atoms with E-state index >= 15 is 0 Å². The van der Waals surface area contributed by atoms with Crippen molar-refractivity contribution >= 4 is 21.5 Å². The van der Waals surface area contributed by atoms with Gasteiger partial charge in [0.15, 0.2) is 0 Å². The topological polar surface area (TPSA) is 18.5 Å². The van der Waals surface area contributed by atoms with E-state index < -0.39 is 0 Å². The van der Waals surface area contributed by atoms with Crippen molar-refractivity contribution in [2.75, 3.05) is 7.11 Å². The van der Waals surface area contributed by atoms with Gasteiger partial charge in [-0.15, -0.1) is 0 Å². The summed E-state index contributed by atoms with van der Waals surface area (Å²) in [6.07, 6.45) is 0. The molecule has 0 fully saturated rings. The molecule has 32 heavy (non-hydrogen) atoms. The lowest BCUT2D eigenvalue weighted by molar-refractivity contribution is 0.312. The maximum Gasteiger partial charge on any atom is 0.128 e. The number of fused-ring (bicyclic) bond motifs is 4. The summed E-state index contributed by atoms with van der Waals surface area (Å²) < 4.78 is 11.8. The van der Waals surface area contributed by atoms with Gasteiger partial charge in [-0.2, -0.15) is 0 Å². The molecule has 0 radical (unpaired) electrons. The van der Waals surface area contributed by atoms with E-state index in [1.54, 1.807) is 7.11 Å². The Balaban J connectivity index is 1.88. The molecule has 5 aromatic carbocycles. The molecule has 6 rings (SSSR count). The molecule has 0 aliphatic carbocycles. The molecule has 2 heteroatoms. The maximum atomic E-state index is 6.36. The van der Waals surface area contributed by atoms with E-state index in [2.05, 4.69) is 80.6 Å². The molecule has 0 saturated heterocycles. The van der Waals surface area contributed by atoms with Gasteiger partial charge < -0.3 is 9.47 Å². The average molecular weight is 417 g/mol. The van der Waals surface area contributed by atoms with Crippen LogP contribution in [-0.2, 0) is 6.61 Å². The van der Waals surface area contributed by atoms with Gasteiger partial charge in [0, 0.05) is 10.9 Å². The molecule has 0 amide bonds. The van der Waals surface area contributed by atoms with E-state index in [0.717, 1.165) is 11.5 Å². The number of aryl methyl sites for hydroxylation is 2. The van der Waals surface area contributed by atoms with Crippen molar-refractivity contribution < 1.29 is 9.47 Å². The lowest BCUT2D eigenvalue weighted by Gasteiger charge is -2.20. The molecule has 0 bridgehead atoms. The predicted octanol–water partition coefficient (Wildman–Crippen LogP) is 7.84. The van der Waals surface area contributed by atoms with E-state index in [1.165, 1.54) is 60.5 Å². The average Bonchev–Trinajstić information content (AvgIpc) is 2.99. The van der Waals surface area contributed by atoms with Gasteiger partial charge in [0.2, 0.25) is 0 Å². The van der Waals surface area contributed by atoms with Crippen molar-refractivity contribution in [3.05, 3.63) is 95.6 Å². The Morgan fingerprint density at radius 1 is 0.719 bits per heavy atom. The summed E-state index contributed by atoms with van der Waals surface area (Å²) in [5, 5.41) is 4.97. The minimum atomic E-state index is 0.570. The molecule has 2 nitrogen and oxygen atoms in total. The zero-order chi connectivity index (χ0) is 21.8. The number of methoxy groups -OCH3 is 1. The molecule has 1 aliphatic heterocycles. The Kier molecular flexibility index (Phi) is 4.22. The molecule has 1 heterocycles. The summed E-state index contributed by atoms with van der Waals surface area (Å²) in [7, 11) is 1.71. The highest BCUT2D eigenvalue weighted by molar-refractivity contribution is 6.23. The first-order valence-electron chi connectivity index (χ1n) is 11.0. The summed E-state index contributed by atoms with van der Waals surface area (Å²) in [6, 6.07) is 28.2. The molecule has 0 atom stereocenters. The number of rotatable bonds is 2. The van der Waals surface area contributed by atoms with Crippen LogP contribution in [0.1, 0.15) is 16.7 Å². The van der Waals surface area contributed by atoms with Crippen molar-refractivity contribution in [3.8, 4) is 33.8 Å². The molecule has 156 valence electrons. The fourth-order valence-electron chi connectivity index (χ4n) is 5.01. The van der Waals surface area contributed by atoms with Gasteiger partial charge >= 0.3 is 0 Å². The third-order valence-electron chi connectivity index (χ3n) is 6.77. The first-order chi connectivity index (χ1) is 15.7. The SMILES string of the molecule is COc1ccc(-c2c3c4c(cccc4c4cc(C)c(C)cc24)OCc2ccccc2-3)cc1. The van der Waals surface area contributed by atoms with Crippen molar-refractivity contribution in [3.63, 3.8) is 0 Å². The van der Waals surface area contributed by atoms with Crippen LogP contribution in [0.3, 0.4) is 0 Å². The molecule has 0 unspecified atom stereocenters. The fourth-order valence-corrected chi connectivity index (χ4v) is 5.01. The largest absolute Gasteiger partial charge is 0.497 e. The highest BCUT2D eigenvalue weighted by atomic mass is 16.5. The first-order valence-corrected chi connectivity index (χ1v) is 11.0. The number of ether oxygens (including phenoxy) is 2. The van der Waals surface area contributed by atoms with Gasteiger partial charge in [-0.1, -0.05) is 60.7 Å². The standard InChI is InChI=1S/C30H24O2/c1-18-15-25-24-9-6-10-27-29(24)30(23-8-5-4-7-21(23)17-32-27)28(26(25)16-19(18)2)20-11-13-22(31-3)14-12-20/h4-16H,17H2,1-3H3. The third kappa shape index (κ3) is 2.73. The van der Waals surface area contributed by atoms with E-state index in [1.807, 2.05) is 12.1 Å². The van der Waals surface area contributed by atoms with Crippen LogP contribution in [0.5, 0.6) is 11.5 Å². The molecule has 5 aromatic rings. The van der Waals surface area contributed by atoms with Crippen LogP contribution < -0.4 is 9.47 Å². The minimum absolute atomic E-state index is 0.570. The Bertz CT molecular complexity index is 1510. The van der Waals surface area contributed by atoms with Gasteiger partial charge in [0.25, 0.3) is 0 Å². The summed E-state index contributed by atoms with van der Waals surface area (Å²) in [4.78, 5) is 0. The lowest BCUT2D eigenvalue weighted by atomic mass is 9.83. The van der Waals surface area contributed by atoms with E-state index in [0.29, 0.717) is 6.61 Å². The van der Waals surface area contributed by atoms with E-state index in [-0.39, 0.29) is 0 Å². The quantitative estimate of drug-likeness (QED) is 0.273. The monoisotopic (exact) mass is 416 g/mol. The number of hydrogen-bond donors (Lipinski definition) is 0. The Morgan fingerprint density at radius 3 is 2.25 bits per heavy atom. The highest BCUT2D eigenvalue weighted by Gasteiger charge is 2.24. The molecule has 0 N–H and O–H groups in total. The fraction of sp³-hybridized carbons (Fsp3) is 0.133. The zero-order valence-corrected chi connectivity index (χ0v) is 18.5. The maximum absolute atomic E-state index is 6.36. The molecular weight excluding hydrogens is 392 g/mol.